The van der Waals surface area contributed by atoms with Crippen molar-refractivity contribution in [2.45, 2.75) is 24.3 Å². The van der Waals surface area contributed by atoms with E-state index in [-0.39, 0.29) is 23.8 Å². The third-order valence-electron chi connectivity index (χ3n) is 6.96. The Hall–Kier alpha value is -3.17. The van der Waals surface area contributed by atoms with Gasteiger partial charge in [0.25, 0.3) is 0 Å². The van der Waals surface area contributed by atoms with E-state index >= 15 is 0 Å². The van der Waals surface area contributed by atoms with E-state index in [1.54, 1.807) is 12.0 Å². The Morgan fingerprint density at radius 1 is 1.24 bits per heavy atom. The van der Waals surface area contributed by atoms with Gasteiger partial charge in [0, 0.05) is 53.8 Å². The molecule has 1 fully saturated rings. The van der Waals surface area contributed by atoms with Crippen LogP contribution in [-0.2, 0) is 5.41 Å². The maximum absolute atomic E-state index is 14.0. The number of H-pyrrole nitrogens is 1. The predicted molar refractivity (Wildman–Crippen MR) is 121 cm³/mol. The van der Waals surface area contributed by atoms with Crippen molar-refractivity contribution in [1.29, 1.82) is 0 Å². The van der Waals surface area contributed by atoms with E-state index in [1.807, 2.05) is 18.2 Å². The van der Waals surface area contributed by atoms with Crippen LogP contribution in [0.5, 0.6) is 5.75 Å². The van der Waals surface area contributed by atoms with Crippen LogP contribution >= 0.6 is 0 Å². The number of halogens is 2. The Morgan fingerprint density at radius 3 is 2.73 bits per heavy atom. The molecule has 3 heterocycles. The fraction of sp³-hybridized carbons (Fsp3) is 0.375. The number of aliphatic hydroxyl groups is 1. The number of nitrogens with zero attached hydrogens (tertiary/aromatic N) is 1. The van der Waals surface area contributed by atoms with Crippen LogP contribution in [0.3, 0.4) is 0 Å². The standard InChI is InChI=1S/C24H26F2N4O3/c1-33-15-3-4-16-19(11-15)28-22-20(12-31)27-13-24(21(16)22)6-8-30(9-7-24)23(32)29-18-5-2-14(25)10-17(18)26/h2-5,10-11,20,27-28,31H,6-9,12-13H2,1H3,(H,29,32)/t20-/m0/s1. The predicted octanol–water partition coefficient (Wildman–Crippen LogP) is 3.66. The van der Waals surface area contributed by atoms with Crippen LogP contribution in [0.15, 0.2) is 36.4 Å². The molecular weight excluding hydrogens is 430 g/mol. The summed E-state index contributed by atoms with van der Waals surface area (Å²) in [5.74, 6) is -0.742. The first-order valence-corrected chi connectivity index (χ1v) is 11.0. The van der Waals surface area contributed by atoms with Gasteiger partial charge in [-0.2, -0.15) is 0 Å². The maximum Gasteiger partial charge on any atom is 0.321 e. The van der Waals surface area contributed by atoms with Gasteiger partial charge >= 0.3 is 6.03 Å². The number of aromatic amines is 1. The number of rotatable bonds is 3. The van der Waals surface area contributed by atoms with Gasteiger partial charge < -0.3 is 30.4 Å². The Morgan fingerprint density at radius 2 is 2.03 bits per heavy atom. The lowest BCUT2D eigenvalue weighted by Crippen LogP contribution is -2.53. The molecular formula is C24H26F2N4O3. The van der Waals surface area contributed by atoms with Gasteiger partial charge in [0.15, 0.2) is 0 Å². The number of hydrogen-bond donors (Lipinski definition) is 4. The normalized spacial score (nSPS) is 19.5. The number of anilines is 1. The number of methoxy groups -OCH3 is 1. The van der Waals surface area contributed by atoms with Crippen molar-refractivity contribution in [1.82, 2.24) is 15.2 Å². The zero-order valence-corrected chi connectivity index (χ0v) is 18.3. The number of piperidine rings is 1. The number of carbonyl (C=O) groups excluding carboxylic acids is 1. The van der Waals surface area contributed by atoms with Gasteiger partial charge in [-0.25, -0.2) is 13.6 Å². The first-order chi connectivity index (χ1) is 15.9. The lowest BCUT2D eigenvalue weighted by atomic mass is 9.69. The van der Waals surface area contributed by atoms with Crippen molar-refractivity contribution in [3.8, 4) is 5.75 Å². The van der Waals surface area contributed by atoms with Crippen LogP contribution in [0.4, 0.5) is 19.3 Å². The van der Waals surface area contributed by atoms with Crippen LogP contribution in [0.2, 0.25) is 0 Å². The molecule has 174 valence electrons. The number of likely N-dealkylation sites (tertiary alicyclic amines) is 1. The fourth-order valence-corrected chi connectivity index (χ4v) is 5.17. The van der Waals surface area contributed by atoms with E-state index in [4.69, 9.17) is 4.74 Å². The van der Waals surface area contributed by atoms with Crippen LogP contribution in [0.1, 0.15) is 30.1 Å². The number of fused-ring (bicyclic) bond motifs is 4. The molecule has 9 heteroatoms. The summed E-state index contributed by atoms with van der Waals surface area (Å²) in [7, 11) is 1.63. The van der Waals surface area contributed by atoms with Gasteiger partial charge in [-0.1, -0.05) is 0 Å². The van der Waals surface area contributed by atoms with Crippen molar-refractivity contribution in [2.75, 3.05) is 38.7 Å². The number of carbonyl (C=O) groups is 1. The molecule has 0 saturated carbocycles. The first kappa shape index (κ1) is 21.7. The second-order valence-electron chi connectivity index (χ2n) is 8.76. The highest BCUT2D eigenvalue weighted by Crippen LogP contribution is 2.46. The summed E-state index contributed by atoms with van der Waals surface area (Å²) in [6, 6.07) is 8.42. The summed E-state index contributed by atoms with van der Waals surface area (Å²) in [5.41, 5.74) is 2.86. The highest BCUT2D eigenvalue weighted by molar-refractivity contribution is 5.90. The minimum Gasteiger partial charge on any atom is -0.497 e. The lowest BCUT2D eigenvalue weighted by Gasteiger charge is -2.46. The van der Waals surface area contributed by atoms with Gasteiger partial charge in [0.05, 0.1) is 25.4 Å². The Labute approximate surface area is 189 Å². The van der Waals surface area contributed by atoms with Crippen molar-refractivity contribution >= 4 is 22.6 Å². The van der Waals surface area contributed by atoms with Crippen LogP contribution in [0, 0.1) is 11.6 Å². The second-order valence-corrected chi connectivity index (χ2v) is 8.76. The molecule has 2 aliphatic heterocycles. The molecule has 1 saturated heterocycles. The molecule has 0 unspecified atom stereocenters. The van der Waals surface area contributed by atoms with E-state index in [1.165, 1.54) is 11.6 Å². The van der Waals surface area contributed by atoms with Crippen molar-refractivity contribution in [3.63, 3.8) is 0 Å². The molecule has 0 bridgehead atoms. The Balaban J connectivity index is 1.40. The quantitative estimate of drug-likeness (QED) is 0.484. The summed E-state index contributed by atoms with van der Waals surface area (Å²) in [4.78, 5) is 17.9. The minimum atomic E-state index is -0.804. The van der Waals surface area contributed by atoms with Crippen molar-refractivity contribution < 1.29 is 23.4 Å². The number of amides is 2. The molecule has 5 rings (SSSR count). The number of aliphatic hydroxyl groups excluding tert-OH is 1. The summed E-state index contributed by atoms with van der Waals surface area (Å²) in [6.07, 6.45) is 1.42. The number of ether oxygens (including phenoxy) is 1. The number of urea groups is 1. The molecule has 4 N–H and O–H groups in total. The molecule has 7 nitrogen and oxygen atoms in total. The molecule has 0 aliphatic carbocycles. The molecule has 0 radical (unpaired) electrons. The van der Waals surface area contributed by atoms with Crippen molar-refractivity contribution in [2.24, 2.45) is 0 Å². The summed E-state index contributed by atoms with van der Waals surface area (Å²) < 4.78 is 32.5. The van der Waals surface area contributed by atoms with E-state index in [2.05, 4.69) is 15.6 Å². The van der Waals surface area contributed by atoms with Gasteiger partial charge in [0.1, 0.15) is 17.4 Å². The van der Waals surface area contributed by atoms with Gasteiger partial charge in [-0.3, -0.25) is 0 Å². The highest BCUT2D eigenvalue weighted by atomic mass is 19.1. The lowest BCUT2D eigenvalue weighted by molar-refractivity contribution is 0.149. The number of benzene rings is 2. The SMILES string of the molecule is COc1ccc2c3c([nH]c2c1)[C@H](CO)NCC31CCN(C(=O)Nc2ccc(F)cc2F)CC1. The van der Waals surface area contributed by atoms with Gasteiger partial charge in [0.2, 0.25) is 0 Å². The molecule has 3 aromatic rings. The average Bonchev–Trinajstić information content (AvgIpc) is 3.21. The van der Waals surface area contributed by atoms with Crippen molar-refractivity contribution in [3.05, 3.63) is 59.3 Å². The van der Waals surface area contributed by atoms with E-state index in [0.717, 1.165) is 34.5 Å². The van der Waals surface area contributed by atoms with E-state index < -0.39 is 17.7 Å². The summed E-state index contributed by atoms with van der Waals surface area (Å²) in [5, 5.41) is 17.0. The number of hydrogen-bond acceptors (Lipinski definition) is 4. The van der Waals surface area contributed by atoms with E-state index in [0.29, 0.717) is 32.5 Å². The molecule has 2 aliphatic rings. The zero-order valence-electron chi connectivity index (χ0n) is 18.3. The maximum atomic E-state index is 14.0. The second kappa shape index (κ2) is 8.31. The smallest absolute Gasteiger partial charge is 0.321 e. The summed E-state index contributed by atoms with van der Waals surface area (Å²) in [6.45, 7) is 1.64. The minimum absolute atomic E-state index is 0.0230. The van der Waals surface area contributed by atoms with Crippen LogP contribution < -0.4 is 15.4 Å². The zero-order chi connectivity index (χ0) is 23.2. The molecule has 1 atom stereocenters. The Bertz CT molecular complexity index is 1200. The molecule has 33 heavy (non-hydrogen) atoms. The number of nitrogens with one attached hydrogen (secondary N) is 3. The van der Waals surface area contributed by atoms with E-state index in [9.17, 15) is 18.7 Å². The van der Waals surface area contributed by atoms with Gasteiger partial charge in [-0.15, -0.1) is 0 Å². The molecule has 2 aromatic carbocycles. The summed E-state index contributed by atoms with van der Waals surface area (Å²) >= 11 is 0. The molecule has 1 aromatic heterocycles. The topological polar surface area (TPSA) is 89.6 Å². The monoisotopic (exact) mass is 456 g/mol. The third kappa shape index (κ3) is 3.71. The Kier molecular flexibility index (Phi) is 5.46. The number of aromatic nitrogens is 1. The van der Waals surface area contributed by atoms with Crippen LogP contribution in [-0.4, -0.2) is 54.4 Å². The highest BCUT2D eigenvalue weighted by Gasteiger charge is 2.44. The fourth-order valence-electron chi connectivity index (χ4n) is 5.17. The van der Waals surface area contributed by atoms with Crippen LogP contribution in [0.25, 0.3) is 10.9 Å². The first-order valence-electron chi connectivity index (χ1n) is 11.0. The average molecular weight is 456 g/mol. The largest absolute Gasteiger partial charge is 0.497 e. The molecule has 1 spiro atoms. The molecule has 2 amide bonds. The third-order valence-corrected chi connectivity index (χ3v) is 6.96. The van der Waals surface area contributed by atoms with Gasteiger partial charge in [-0.05, 0) is 42.7 Å².